The number of carbonyl (C=O) groups excluding carboxylic acids is 1. The Morgan fingerprint density at radius 2 is 1.73 bits per heavy atom. The van der Waals surface area contributed by atoms with Gasteiger partial charge in [0, 0.05) is 47.5 Å². The van der Waals surface area contributed by atoms with E-state index < -0.39 is 16.4 Å². The van der Waals surface area contributed by atoms with E-state index in [9.17, 15) is 9.00 Å². The Kier molecular flexibility index (Phi) is 6.26. The second-order valence-corrected chi connectivity index (χ2v) is 9.08. The molecule has 1 atom stereocenters. The molecular formula is C16H30N2O3S. The van der Waals surface area contributed by atoms with Gasteiger partial charge in [-0.05, 0) is 52.9 Å². The van der Waals surface area contributed by atoms with Crippen LogP contribution in [0.4, 0.5) is 4.79 Å². The van der Waals surface area contributed by atoms with E-state index in [2.05, 4.69) is 5.32 Å². The van der Waals surface area contributed by atoms with Crippen molar-refractivity contribution in [2.75, 3.05) is 24.6 Å². The molecule has 0 spiro atoms. The Labute approximate surface area is 136 Å². The zero-order valence-electron chi connectivity index (χ0n) is 14.1. The first-order chi connectivity index (χ1) is 10.3. The summed E-state index contributed by atoms with van der Waals surface area (Å²) in [6.45, 7) is 7.24. The standard InChI is InChI=1S/C16H30N2O3S/c1-16(2,3)21-15(19)18-9-4-5-13(6-10-18)17-14-7-11-22(20)12-8-14/h13-14,17H,4-12H2,1-3H3. The fourth-order valence-corrected chi connectivity index (χ4v) is 4.36. The molecule has 0 bridgehead atoms. The van der Waals surface area contributed by atoms with Crippen LogP contribution in [0.1, 0.15) is 52.9 Å². The zero-order chi connectivity index (χ0) is 16.2. The summed E-state index contributed by atoms with van der Waals surface area (Å²) in [4.78, 5) is 14.0. The van der Waals surface area contributed by atoms with Gasteiger partial charge in [0.25, 0.3) is 0 Å². The van der Waals surface area contributed by atoms with Gasteiger partial charge in [0.15, 0.2) is 0 Å². The molecule has 22 heavy (non-hydrogen) atoms. The number of amides is 1. The number of carbonyl (C=O) groups is 1. The lowest BCUT2D eigenvalue weighted by Crippen LogP contribution is -2.43. The van der Waals surface area contributed by atoms with Crippen molar-refractivity contribution >= 4 is 16.9 Å². The van der Waals surface area contributed by atoms with Gasteiger partial charge in [-0.25, -0.2) is 4.79 Å². The lowest BCUT2D eigenvalue weighted by Gasteiger charge is -2.28. The average Bonchev–Trinajstić information content (AvgIpc) is 2.65. The van der Waals surface area contributed by atoms with Crippen molar-refractivity contribution in [1.82, 2.24) is 10.2 Å². The number of hydrogen-bond donors (Lipinski definition) is 1. The zero-order valence-corrected chi connectivity index (χ0v) is 14.9. The fourth-order valence-electron chi connectivity index (χ4n) is 3.07. The minimum Gasteiger partial charge on any atom is -0.444 e. The fraction of sp³-hybridized carbons (Fsp3) is 0.938. The molecule has 0 aliphatic carbocycles. The second-order valence-electron chi connectivity index (χ2n) is 7.38. The van der Waals surface area contributed by atoms with Gasteiger partial charge in [-0.15, -0.1) is 0 Å². The maximum atomic E-state index is 12.1. The van der Waals surface area contributed by atoms with Crippen LogP contribution in [0.2, 0.25) is 0 Å². The van der Waals surface area contributed by atoms with Gasteiger partial charge in [0.2, 0.25) is 0 Å². The molecule has 0 aromatic rings. The van der Waals surface area contributed by atoms with Crippen molar-refractivity contribution in [1.29, 1.82) is 0 Å². The Bertz CT molecular complexity index is 399. The molecular weight excluding hydrogens is 300 g/mol. The van der Waals surface area contributed by atoms with E-state index in [0.29, 0.717) is 12.1 Å². The molecule has 0 aromatic carbocycles. The first-order valence-corrected chi connectivity index (χ1v) is 9.91. The highest BCUT2D eigenvalue weighted by Gasteiger charge is 2.27. The highest BCUT2D eigenvalue weighted by Crippen LogP contribution is 2.18. The summed E-state index contributed by atoms with van der Waals surface area (Å²) in [5, 5.41) is 3.71. The van der Waals surface area contributed by atoms with E-state index in [0.717, 1.165) is 56.7 Å². The predicted molar refractivity (Wildman–Crippen MR) is 89.5 cm³/mol. The molecule has 0 saturated carbocycles. The Morgan fingerprint density at radius 3 is 2.36 bits per heavy atom. The van der Waals surface area contributed by atoms with Crippen LogP contribution in [-0.2, 0) is 15.5 Å². The van der Waals surface area contributed by atoms with Gasteiger partial charge in [-0.2, -0.15) is 0 Å². The first kappa shape index (κ1) is 17.7. The molecule has 128 valence electrons. The van der Waals surface area contributed by atoms with Crippen molar-refractivity contribution in [3.05, 3.63) is 0 Å². The molecule has 2 heterocycles. The molecule has 2 rings (SSSR count). The van der Waals surface area contributed by atoms with Crippen molar-refractivity contribution in [2.45, 2.75) is 70.6 Å². The van der Waals surface area contributed by atoms with Crippen LogP contribution in [0.15, 0.2) is 0 Å². The quantitative estimate of drug-likeness (QED) is 0.844. The van der Waals surface area contributed by atoms with Crippen molar-refractivity contribution in [3.63, 3.8) is 0 Å². The largest absolute Gasteiger partial charge is 0.444 e. The molecule has 6 heteroatoms. The van der Waals surface area contributed by atoms with E-state index in [1.165, 1.54) is 0 Å². The van der Waals surface area contributed by atoms with Gasteiger partial charge in [-0.1, -0.05) is 0 Å². The summed E-state index contributed by atoms with van der Waals surface area (Å²) >= 11 is 0. The summed E-state index contributed by atoms with van der Waals surface area (Å²) in [5.41, 5.74) is -0.432. The van der Waals surface area contributed by atoms with E-state index >= 15 is 0 Å². The molecule has 1 unspecified atom stereocenters. The van der Waals surface area contributed by atoms with Crippen LogP contribution < -0.4 is 5.32 Å². The number of ether oxygens (including phenoxy) is 1. The monoisotopic (exact) mass is 330 g/mol. The molecule has 5 nitrogen and oxygen atoms in total. The van der Waals surface area contributed by atoms with Crippen LogP contribution in [0, 0.1) is 0 Å². The van der Waals surface area contributed by atoms with Crippen molar-refractivity contribution < 1.29 is 13.7 Å². The third-order valence-corrected chi connectivity index (χ3v) is 5.62. The minimum absolute atomic E-state index is 0.193. The van der Waals surface area contributed by atoms with Gasteiger partial charge in [0.05, 0.1) is 0 Å². The topological polar surface area (TPSA) is 58.6 Å². The molecule has 0 aromatic heterocycles. The third-order valence-electron chi connectivity index (χ3n) is 4.24. The van der Waals surface area contributed by atoms with Crippen LogP contribution >= 0.6 is 0 Å². The minimum atomic E-state index is -0.602. The molecule has 2 aliphatic rings. The third kappa shape index (κ3) is 5.88. The Balaban J connectivity index is 1.77. The molecule has 2 aliphatic heterocycles. The van der Waals surface area contributed by atoms with Gasteiger partial charge in [-0.3, -0.25) is 4.21 Å². The lowest BCUT2D eigenvalue weighted by molar-refractivity contribution is 0.0256. The number of nitrogens with one attached hydrogen (secondary N) is 1. The van der Waals surface area contributed by atoms with Crippen LogP contribution in [0.5, 0.6) is 0 Å². The molecule has 0 radical (unpaired) electrons. The summed E-state index contributed by atoms with van der Waals surface area (Å²) < 4.78 is 16.9. The van der Waals surface area contributed by atoms with Crippen LogP contribution in [0.3, 0.4) is 0 Å². The normalized spacial score (nSPS) is 30.7. The van der Waals surface area contributed by atoms with E-state index in [1.807, 2.05) is 25.7 Å². The summed E-state index contributed by atoms with van der Waals surface area (Å²) in [5.74, 6) is 1.66. The lowest BCUT2D eigenvalue weighted by atomic mass is 10.1. The van der Waals surface area contributed by atoms with Crippen molar-refractivity contribution in [2.24, 2.45) is 0 Å². The van der Waals surface area contributed by atoms with Crippen LogP contribution in [0.25, 0.3) is 0 Å². The summed E-state index contributed by atoms with van der Waals surface area (Å²) in [7, 11) is -0.602. The molecule has 2 fully saturated rings. The smallest absolute Gasteiger partial charge is 0.410 e. The SMILES string of the molecule is CC(C)(C)OC(=O)N1CCCC(NC2CCS(=O)CC2)CC1. The molecule has 2 saturated heterocycles. The predicted octanol–water partition coefficient (Wildman–Crippen LogP) is 2.28. The summed E-state index contributed by atoms with van der Waals surface area (Å²) in [6.07, 6.45) is 4.91. The first-order valence-electron chi connectivity index (χ1n) is 8.42. The molecule has 1 N–H and O–H groups in total. The average molecular weight is 330 g/mol. The van der Waals surface area contributed by atoms with Gasteiger partial charge < -0.3 is 15.0 Å². The maximum Gasteiger partial charge on any atom is 0.410 e. The number of hydrogen-bond acceptors (Lipinski definition) is 4. The van der Waals surface area contributed by atoms with Crippen LogP contribution in [-0.4, -0.2) is 57.5 Å². The van der Waals surface area contributed by atoms with E-state index in [4.69, 9.17) is 4.74 Å². The van der Waals surface area contributed by atoms with Gasteiger partial charge >= 0.3 is 6.09 Å². The van der Waals surface area contributed by atoms with E-state index in [-0.39, 0.29) is 6.09 Å². The Morgan fingerprint density at radius 1 is 1.09 bits per heavy atom. The number of nitrogens with zero attached hydrogens (tertiary/aromatic N) is 1. The highest BCUT2D eigenvalue weighted by molar-refractivity contribution is 7.85. The number of rotatable bonds is 2. The highest BCUT2D eigenvalue weighted by atomic mass is 32.2. The number of likely N-dealkylation sites (tertiary alicyclic amines) is 1. The molecule has 1 amide bonds. The summed E-state index contributed by atoms with van der Waals surface area (Å²) in [6, 6.07) is 0.958. The van der Waals surface area contributed by atoms with Gasteiger partial charge in [0.1, 0.15) is 5.60 Å². The van der Waals surface area contributed by atoms with Crippen molar-refractivity contribution in [3.8, 4) is 0 Å². The Hall–Kier alpha value is -0.620. The van der Waals surface area contributed by atoms with E-state index in [1.54, 1.807) is 0 Å². The maximum absolute atomic E-state index is 12.1. The second kappa shape index (κ2) is 7.77.